The lowest BCUT2D eigenvalue weighted by atomic mass is 10.2. The van der Waals surface area contributed by atoms with Gasteiger partial charge in [-0.2, -0.15) is 0 Å². The molecule has 5 N–H and O–H groups in total. The van der Waals surface area contributed by atoms with Gasteiger partial charge in [0.05, 0.1) is 0 Å². The second kappa shape index (κ2) is 8.93. The number of nitrogens with one attached hydrogen (secondary N) is 1. The largest absolute Gasteiger partial charge is 0.444 e. The van der Waals surface area contributed by atoms with E-state index in [2.05, 4.69) is 10.3 Å². The van der Waals surface area contributed by atoms with Gasteiger partial charge in [0.2, 0.25) is 0 Å². The van der Waals surface area contributed by atoms with Gasteiger partial charge >= 0.3 is 6.09 Å². The third-order valence-corrected chi connectivity index (χ3v) is 2.34. The first kappa shape index (κ1) is 15.0. The van der Waals surface area contributed by atoms with Crippen molar-refractivity contribution in [1.82, 2.24) is 5.32 Å². The minimum Gasteiger partial charge on any atom is -0.444 e. The van der Waals surface area contributed by atoms with Crippen LogP contribution in [0.4, 0.5) is 4.79 Å². The highest BCUT2D eigenvalue weighted by Gasteiger charge is 2.03. The summed E-state index contributed by atoms with van der Waals surface area (Å²) in [7, 11) is 0. The maximum atomic E-state index is 11.4. The number of benzene rings is 1. The number of amides is 1. The normalized spacial score (nSPS) is 11.1. The van der Waals surface area contributed by atoms with E-state index in [1.54, 1.807) is 0 Å². The summed E-state index contributed by atoms with van der Waals surface area (Å²) >= 11 is 0. The second-order valence-electron chi connectivity index (χ2n) is 3.95. The summed E-state index contributed by atoms with van der Waals surface area (Å²) in [5.74, 6) is 0.0649. The highest BCUT2D eigenvalue weighted by atomic mass is 16.5. The van der Waals surface area contributed by atoms with Gasteiger partial charge in [0.1, 0.15) is 6.61 Å². The van der Waals surface area contributed by atoms with E-state index in [-0.39, 0.29) is 12.6 Å². The van der Waals surface area contributed by atoms with Crippen LogP contribution < -0.4 is 16.8 Å². The Bertz CT molecular complexity index is 406. The van der Waals surface area contributed by atoms with Crippen LogP contribution in [-0.2, 0) is 11.3 Å². The zero-order valence-electron chi connectivity index (χ0n) is 10.8. The summed E-state index contributed by atoms with van der Waals surface area (Å²) in [5.41, 5.74) is 11.8. The number of hydrogen-bond acceptors (Lipinski definition) is 4. The average molecular weight is 264 g/mol. The Hall–Kier alpha value is -2.08. The van der Waals surface area contributed by atoms with Crippen molar-refractivity contribution < 1.29 is 9.53 Å². The van der Waals surface area contributed by atoms with Crippen LogP contribution in [0.3, 0.4) is 0 Å². The Morgan fingerprint density at radius 2 is 2.00 bits per heavy atom. The third kappa shape index (κ3) is 7.05. The van der Waals surface area contributed by atoms with Crippen molar-refractivity contribution in [3.63, 3.8) is 0 Å². The molecule has 1 rings (SSSR count). The topological polar surface area (TPSA) is 103 Å². The van der Waals surface area contributed by atoms with Crippen molar-refractivity contribution in [2.24, 2.45) is 16.5 Å². The molecule has 19 heavy (non-hydrogen) atoms. The fourth-order valence-electron chi connectivity index (χ4n) is 1.36. The number of unbranched alkanes of at least 4 members (excludes halogenated alkanes) is 1. The fourth-order valence-corrected chi connectivity index (χ4v) is 1.36. The van der Waals surface area contributed by atoms with E-state index in [0.717, 1.165) is 18.4 Å². The highest BCUT2D eigenvalue weighted by Crippen LogP contribution is 2.00. The monoisotopic (exact) mass is 264 g/mol. The van der Waals surface area contributed by atoms with Crippen molar-refractivity contribution >= 4 is 12.1 Å². The van der Waals surface area contributed by atoms with Crippen molar-refractivity contribution in [3.8, 4) is 0 Å². The van der Waals surface area contributed by atoms with E-state index >= 15 is 0 Å². The molecule has 6 nitrogen and oxygen atoms in total. The van der Waals surface area contributed by atoms with E-state index in [1.165, 1.54) is 0 Å². The summed E-state index contributed by atoms with van der Waals surface area (Å²) in [5, 5.41) is 2.36. The lowest BCUT2D eigenvalue weighted by Gasteiger charge is -2.06. The van der Waals surface area contributed by atoms with Crippen LogP contribution in [0.2, 0.25) is 0 Å². The predicted octanol–water partition coefficient (Wildman–Crippen LogP) is 0.966. The minimum absolute atomic E-state index is 0.0649. The van der Waals surface area contributed by atoms with Crippen LogP contribution in [0.5, 0.6) is 0 Å². The van der Waals surface area contributed by atoms with E-state index in [0.29, 0.717) is 13.1 Å². The quantitative estimate of drug-likeness (QED) is 0.404. The number of hydrogen-bond donors (Lipinski definition) is 3. The summed E-state index contributed by atoms with van der Waals surface area (Å²) in [6.07, 6.45) is 1.12. The number of nitrogens with two attached hydrogens (primary N) is 2. The van der Waals surface area contributed by atoms with Gasteiger partial charge in [-0.3, -0.25) is 10.3 Å². The molecule has 6 heteroatoms. The van der Waals surface area contributed by atoms with Gasteiger partial charge in [-0.05, 0) is 24.9 Å². The lowest BCUT2D eigenvalue weighted by Crippen LogP contribution is -2.37. The molecule has 0 aliphatic rings. The molecule has 1 amide bonds. The maximum absolute atomic E-state index is 11.4. The molecule has 0 radical (unpaired) electrons. The molecule has 0 atom stereocenters. The zero-order chi connectivity index (χ0) is 13.9. The predicted molar refractivity (Wildman–Crippen MR) is 74.5 cm³/mol. The average Bonchev–Trinajstić information content (AvgIpc) is 2.42. The minimum atomic E-state index is -0.607. The van der Waals surface area contributed by atoms with Crippen molar-refractivity contribution in [2.45, 2.75) is 19.4 Å². The highest BCUT2D eigenvalue weighted by molar-refractivity contribution is 5.92. The number of alkyl carbamates (subject to hydrolysis) is 1. The molecule has 0 aliphatic carbocycles. The number of rotatable bonds is 6. The Morgan fingerprint density at radius 3 is 2.68 bits per heavy atom. The van der Waals surface area contributed by atoms with Crippen LogP contribution in [0.1, 0.15) is 18.4 Å². The van der Waals surface area contributed by atoms with E-state index in [9.17, 15) is 4.79 Å². The van der Waals surface area contributed by atoms with Gasteiger partial charge in [0, 0.05) is 6.54 Å². The molecule has 0 heterocycles. The van der Waals surface area contributed by atoms with Crippen LogP contribution in [0, 0.1) is 0 Å². The zero-order valence-corrected chi connectivity index (χ0v) is 10.8. The molecule has 0 aliphatic heterocycles. The van der Waals surface area contributed by atoms with Gasteiger partial charge in [-0.1, -0.05) is 30.3 Å². The van der Waals surface area contributed by atoms with Gasteiger partial charge in [0.15, 0.2) is 5.96 Å². The molecular weight excluding hydrogens is 244 g/mol. The molecule has 0 fully saturated rings. The maximum Gasteiger partial charge on any atom is 0.414 e. The van der Waals surface area contributed by atoms with Gasteiger partial charge in [-0.15, -0.1) is 0 Å². The number of ether oxygens (including phenoxy) is 1. The van der Waals surface area contributed by atoms with Gasteiger partial charge in [0.25, 0.3) is 0 Å². The van der Waals surface area contributed by atoms with Crippen LogP contribution in [0.15, 0.2) is 35.3 Å². The number of carbonyl (C=O) groups is 1. The SMILES string of the molecule is NCCCCN=C(N)NC(=O)OCc1ccccc1. The first-order chi connectivity index (χ1) is 9.22. The summed E-state index contributed by atoms with van der Waals surface area (Å²) in [6.45, 7) is 1.37. The lowest BCUT2D eigenvalue weighted by molar-refractivity contribution is 0.145. The van der Waals surface area contributed by atoms with Crippen molar-refractivity contribution in [3.05, 3.63) is 35.9 Å². The van der Waals surface area contributed by atoms with Crippen LogP contribution >= 0.6 is 0 Å². The molecule has 0 saturated carbocycles. The summed E-state index contributed by atoms with van der Waals surface area (Å²) in [4.78, 5) is 15.4. The summed E-state index contributed by atoms with van der Waals surface area (Å²) in [6, 6.07) is 9.40. The Kier molecular flexibility index (Phi) is 7.04. The van der Waals surface area contributed by atoms with Gasteiger partial charge in [-0.25, -0.2) is 4.79 Å². The Morgan fingerprint density at radius 1 is 1.26 bits per heavy atom. The number of guanidine groups is 1. The van der Waals surface area contributed by atoms with Crippen molar-refractivity contribution in [2.75, 3.05) is 13.1 Å². The van der Waals surface area contributed by atoms with Crippen LogP contribution in [0.25, 0.3) is 0 Å². The smallest absolute Gasteiger partial charge is 0.414 e. The molecule has 0 spiro atoms. The van der Waals surface area contributed by atoms with E-state index in [1.807, 2.05) is 30.3 Å². The summed E-state index contributed by atoms with van der Waals surface area (Å²) < 4.78 is 5.00. The Balaban J connectivity index is 2.23. The third-order valence-electron chi connectivity index (χ3n) is 2.34. The number of aliphatic imine (C=N–C) groups is 1. The number of carbonyl (C=O) groups excluding carboxylic acids is 1. The molecular formula is C13H20N4O2. The molecule has 1 aromatic rings. The Labute approximate surface area is 112 Å². The molecule has 0 bridgehead atoms. The van der Waals surface area contributed by atoms with Crippen molar-refractivity contribution in [1.29, 1.82) is 0 Å². The number of nitrogens with zero attached hydrogens (tertiary/aromatic N) is 1. The van der Waals surface area contributed by atoms with E-state index in [4.69, 9.17) is 16.2 Å². The standard InChI is InChI=1S/C13H20N4O2/c14-8-4-5-9-16-12(15)17-13(18)19-10-11-6-2-1-3-7-11/h1-3,6-7H,4-5,8-10,14H2,(H3,15,16,17,18). The molecule has 0 saturated heterocycles. The molecule has 1 aromatic carbocycles. The van der Waals surface area contributed by atoms with Crippen LogP contribution in [-0.4, -0.2) is 25.1 Å². The van der Waals surface area contributed by atoms with Gasteiger partial charge < -0.3 is 16.2 Å². The fraction of sp³-hybridized carbons (Fsp3) is 0.385. The first-order valence-electron chi connectivity index (χ1n) is 6.20. The first-order valence-corrected chi connectivity index (χ1v) is 6.20. The second-order valence-corrected chi connectivity index (χ2v) is 3.95. The molecule has 0 unspecified atom stereocenters. The molecule has 0 aromatic heterocycles. The molecule has 104 valence electrons. The van der Waals surface area contributed by atoms with E-state index < -0.39 is 6.09 Å².